The van der Waals surface area contributed by atoms with Gasteiger partial charge in [0.1, 0.15) is 5.82 Å². The minimum Gasteiger partial charge on any atom is -0.324 e. The normalized spacial score (nSPS) is 14.1. The molecule has 0 saturated heterocycles. The molecule has 0 aromatic heterocycles. The van der Waals surface area contributed by atoms with Crippen LogP contribution >= 0.6 is 11.6 Å². The highest BCUT2D eigenvalue weighted by Crippen LogP contribution is 2.35. The molecule has 0 unspecified atom stereocenters. The third kappa shape index (κ3) is 3.52. The summed E-state index contributed by atoms with van der Waals surface area (Å²) in [4.78, 5) is 0. The molecule has 1 atom stereocenters. The van der Waals surface area contributed by atoms with Gasteiger partial charge in [0.05, 0.1) is 10.6 Å². The smallest absolute Gasteiger partial charge is 0.324 e. The van der Waals surface area contributed by atoms with Crippen LogP contribution in [0, 0.1) is 5.82 Å². The molecule has 1 rings (SSSR count). The van der Waals surface area contributed by atoms with Crippen molar-refractivity contribution in [3.05, 3.63) is 34.1 Å². The van der Waals surface area contributed by atoms with Crippen molar-refractivity contribution in [1.82, 2.24) is 0 Å². The molecule has 1 nitrogen and oxygen atoms in total. The first-order valence-corrected chi connectivity index (χ1v) is 5.10. The fourth-order valence-electron chi connectivity index (χ4n) is 1.36. The highest BCUT2D eigenvalue weighted by molar-refractivity contribution is 6.30. The number of benzene rings is 1. The maximum atomic E-state index is 13.4. The Morgan fingerprint density at radius 3 is 2.22 bits per heavy atom. The van der Waals surface area contributed by atoms with Gasteiger partial charge in [0.2, 0.25) is 6.43 Å². The van der Waals surface area contributed by atoms with Crippen molar-refractivity contribution in [2.75, 3.05) is 0 Å². The van der Waals surface area contributed by atoms with Crippen molar-refractivity contribution in [3.8, 4) is 0 Å². The molecule has 0 fully saturated rings. The topological polar surface area (TPSA) is 26.0 Å². The molecule has 102 valence electrons. The van der Waals surface area contributed by atoms with Crippen molar-refractivity contribution in [2.45, 2.75) is 25.1 Å². The van der Waals surface area contributed by atoms with Gasteiger partial charge in [0.15, 0.2) is 0 Å². The molecule has 0 radical (unpaired) electrons. The summed E-state index contributed by atoms with van der Waals surface area (Å²) in [5.41, 5.74) is 3.33. The van der Waals surface area contributed by atoms with Gasteiger partial charge < -0.3 is 5.73 Å². The first-order valence-electron chi connectivity index (χ1n) is 4.72. The molecule has 1 aromatic carbocycles. The van der Waals surface area contributed by atoms with E-state index < -0.39 is 47.0 Å². The number of hydrogen-bond acceptors (Lipinski definition) is 1. The van der Waals surface area contributed by atoms with E-state index in [9.17, 15) is 26.3 Å². The predicted octanol–water partition coefficient (Wildman–Crippen LogP) is 4.15. The summed E-state index contributed by atoms with van der Waals surface area (Å²) in [6.45, 7) is 0. The van der Waals surface area contributed by atoms with Crippen molar-refractivity contribution in [3.63, 3.8) is 0 Å². The minimum atomic E-state index is -4.75. The van der Waals surface area contributed by atoms with Gasteiger partial charge in [0.25, 0.3) is 0 Å². The molecule has 2 N–H and O–H groups in total. The van der Waals surface area contributed by atoms with Crippen molar-refractivity contribution < 1.29 is 26.3 Å². The first-order chi connectivity index (χ1) is 8.12. The maximum Gasteiger partial charge on any atom is 0.416 e. The van der Waals surface area contributed by atoms with Crippen LogP contribution in [0.15, 0.2) is 12.1 Å². The molecule has 1 aromatic rings. The lowest BCUT2D eigenvalue weighted by Crippen LogP contribution is -2.17. The zero-order valence-electron chi connectivity index (χ0n) is 8.74. The fourth-order valence-corrected chi connectivity index (χ4v) is 1.59. The van der Waals surface area contributed by atoms with E-state index >= 15 is 0 Å². The molecule has 18 heavy (non-hydrogen) atoms. The number of nitrogens with two attached hydrogens (primary N) is 1. The Balaban J connectivity index is 3.22. The Labute approximate surface area is 104 Å². The highest BCUT2D eigenvalue weighted by Gasteiger charge is 2.33. The van der Waals surface area contributed by atoms with E-state index in [0.29, 0.717) is 12.1 Å². The Morgan fingerprint density at radius 2 is 1.78 bits per heavy atom. The lowest BCUT2D eigenvalue weighted by atomic mass is 10.0. The Kier molecular flexibility index (Phi) is 4.50. The van der Waals surface area contributed by atoms with Gasteiger partial charge in [-0.05, 0) is 12.1 Å². The van der Waals surface area contributed by atoms with Gasteiger partial charge in [-0.25, -0.2) is 13.2 Å². The molecule has 0 aliphatic rings. The largest absolute Gasteiger partial charge is 0.416 e. The molecular formula is C10H8ClF6N. The third-order valence-electron chi connectivity index (χ3n) is 2.22. The number of alkyl halides is 5. The van der Waals surface area contributed by atoms with Crippen LogP contribution in [0.3, 0.4) is 0 Å². The van der Waals surface area contributed by atoms with Crippen LogP contribution in [0.4, 0.5) is 26.3 Å². The van der Waals surface area contributed by atoms with Gasteiger partial charge >= 0.3 is 6.18 Å². The summed E-state index contributed by atoms with van der Waals surface area (Å²) < 4.78 is 74.9. The van der Waals surface area contributed by atoms with E-state index in [0.717, 1.165) is 0 Å². The van der Waals surface area contributed by atoms with Gasteiger partial charge in [-0.2, -0.15) is 13.2 Å². The minimum absolute atomic E-state index is 0.384. The summed E-state index contributed by atoms with van der Waals surface area (Å²) in [6, 6.07) is -0.770. The molecule has 8 heteroatoms. The summed E-state index contributed by atoms with van der Waals surface area (Å²) in [7, 11) is 0. The van der Waals surface area contributed by atoms with Crippen molar-refractivity contribution >= 4 is 11.6 Å². The van der Waals surface area contributed by atoms with E-state index in [-0.39, 0.29) is 0 Å². The Morgan fingerprint density at radius 1 is 1.22 bits per heavy atom. The van der Waals surface area contributed by atoms with Crippen molar-refractivity contribution in [1.29, 1.82) is 0 Å². The zero-order valence-corrected chi connectivity index (χ0v) is 9.50. The van der Waals surface area contributed by atoms with Crippen LogP contribution in [0.25, 0.3) is 0 Å². The number of halogens is 7. The summed E-state index contributed by atoms with van der Waals surface area (Å²) in [6.07, 6.45) is -8.56. The Bertz CT molecular complexity index is 431. The second-order valence-corrected chi connectivity index (χ2v) is 4.00. The average Bonchev–Trinajstić information content (AvgIpc) is 2.18. The summed E-state index contributed by atoms with van der Waals surface area (Å²) >= 11 is 5.29. The fraction of sp³-hybridized carbons (Fsp3) is 0.400. The van der Waals surface area contributed by atoms with Crippen LogP contribution < -0.4 is 5.73 Å². The van der Waals surface area contributed by atoms with Crippen LogP contribution in [-0.4, -0.2) is 6.43 Å². The number of hydrogen-bond donors (Lipinski definition) is 1. The lowest BCUT2D eigenvalue weighted by molar-refractivity contribution is -0.137. The standard InChI is InChI=1S/C10H8ClF6N/c11-6-2-4(10(15,16)17)1-5(9(6)14)7(18)3-8(12)13/h1-2,7-8H,3,18H2/t7-/m1/s1. The van der Waals surface area contributed by atoms with E-state index in [1.165, 1.54) is 0 Å². The second-order valence-electron chi connectivity index (χ2n) is 3.59. The van der Waals surface area contributed by atoms with Crippen LogP contribution in [0.5, 0.6) is 0 Å². The molecular weight excluding hydrogens is 284 g/mol. The molecule has 0 aliphatic carbocycles. The molecule has 0 amide bonds. The van der Waals surface area contributed by atoms with E-state index in [1.54, 1.807) is 0 Å². The summed E-state index contributed by atoms with van der Waals surface area (Å²) in [5.74, 6) is -1.21. The molecule has 0 bridgehead atoms. The average molecular weight is 292 g/mol. The van der Waals surface area contributed by atoms with E-state index in [4.69, 9.17) is 17.3 Å². The second kappa shape index (κ2) is 5.36. The quantitative estimate of drug-likeness (QED) is 0.832. The van der Waals surface area contributed by atoms with E-state index in [2.05, 4.69) is 0 Å². The SMILES string of the molecule is N[C@H](CC(F)F)c1cc(C(F)(F)F)cc(Cl)c1F. The maximum absolute atomic E-state index is 13.4. The predicted molar refractivity (Wildman–Crippen MR) is 54.0 cm³/mol. The third-order valence-corrected chi connectivity index (χ3v) is 2.49. The molecule has 0 aliphatic heterocycles. The van der Waals surface area contributed by atoms with E-state index in [1.807, 2.05) is 0 Å². The first kappa shape index (κ1) is 15.1. The highest BCUT2D eigenvalue weighted by atomic mass is 35.5. The molecule has 0 saturated carbocycles. The summed E-state index contributed by atoms with van der Waals surface area (Å²) in [5, 5.41) is -0.801. The van der Waals surface area contributed by atoms with Gasteiger partial charge in [-0.15, -0.1) is 0 Å². The van der Waals surface area contributed by atoms with Crippen LogP contribution in [0.1, 0.15) is 23.6 Å². The molecule has 0 heterocycles. The number of rotatable bonds is 3. The zero-order chi connectivity index (χ0) is 14.1. The van der Waals surface area contributed by atoms with Crippen molar-refractivity contribution in [2.24, 2.45) is 5.73 Å². The lowest BCUT2D eigenvalue weighted by Gasteiger charge is -2.16. The Hall–Kier alpha value is -0.950. The van der Waals surface area contributed by atoms with Crippen LogP contribution in [-0.2, 0) is 6.18 Å². The van der Waals surface area contributed by atoms with Gasteiger partial charge in [-0.3, -0.25) is 0 Å². The molecule has 0 spiro atoms. The monoisotopic (exact) mass is 291 g/mol. The van der Waals surface area contributed by atoms with Crippen LogP contribution in [0.2, 0.25) is 5.02 Å². The van der Waals surface area contributed by atoms with Gasteiger partial charge in [0, 0.05) is 18.0 Å². The van der Waals surface area contributed by atoms with Gasteiger partial charge in [-0.1, -0.05) is 11.6 Å².